The minimum absolute atomic E-state index is 0.00218. The zero-order valence-corrected chi connectivity index (χ0v) is 31.1. The van der Waals surface area contributed by atoms with Crippen LogP contribution in [0.25, 0.3) is 28.3 Å². The monoisotopic (exact) mass is 743 g/mol. The SMILES string of the molecule is C=CC(=O)N1CCC(Oc2cc(-c3ccccc3OC)c(/C=C/C(=O)N3C4CCC3CC(Oc3cc(C(N)=O)cc(-c5ccccc5OC)c3)C4)nn2)CC1. The Labute approximate surface area is 320 Å². The Morgan fingerprint density at radius 2 is 1.42 bits per heavy atom. The van der Waals surface area contributed by atoms with E-state index < -0.39 is 5.91 Å². The number of fused-ring (bicyclic) bond motifs is 2. The third-order valence-electron chi connectivity index (χ3n) is 10.7. The predicted octanol–water partition coefficient (Wildman–Crippen LogP) is 6.10. The van der Waals surface area contributed by atoms with Gasteiger partial charge in [-0.05, 0) is 60.9 Å². The quantitative estimate of drug-likeness (QED) is 0.170. The Bertz CT molecular complexity index is 2100. The highest BCUT2D eigenvalue weighted by Gasteiger charge is 2.43. The number of aromatic nitrogens is 2. The number of ether oxygens (including phenoxy) is 4. The maximum atomic E-state index is 13.9. The molecule has 284 valence electrons. The normalized spacial score (nSPS) is 19.6. The summed E-state index contributed by atoms with van der Waals surface area (Å²) in [6, 6.07) is 22.3. The summed E-state index contributed by atoms with van der Waals surface area (Å²) >= 11 is 0. The van der Waals surface area contributed by atoms with E-state index in [4.69, 9.17) is 24.7 Å². The molecule has 12 nitrogen and oxygen atoms in total. The van der Waals surface area contributed by atoms with Crippen LogP contribution < -0.4 is 24.7 Å². The van der Waals surface area contributed by atoms with E-state index in [0.717, 1.165) is 29.5 Å². The molecule has 1 aromatic heterocycles. The molecular formula is C43H45N5O7. The molecule has 3 aliphatic rings. The summed E-state index contributed by atoms with van der Waals surface area (Å²) in [6.07, 6.45) is 8.71. The Morgan fingerprint density at radius 1 is 0.764 bits per heavy atom. The van der Waals surface area contributed by atoms with Crippen LogP contribution in [0.3, 0.4) is 0 Å². The van der Waals surface area contributed by atoms with Crippen LogP contribution in [0.2, 0.25) is 0 Å². The van der Waals surface area contributed by atoms with Crippen molar-refractivity contribution in [1.82, 2.24) is 20.0 Å². The molecule has 3 saturated heterocycles. The van der Waals surface area contributed by atoms with Crippen molar-refractivity contribution in [2.45, 2.75) is 62.8 Å². The molecule has 7 rings (SSSR count). The van der Waals surface area contributed by atoms with Gasteiger partial charge in [0.25, 0.3) is 0 Å². The molecule has 0 radical (unpaired) electrons. The fourth-order valence-corrected chi connectivity index (χ4v) is 8.00. The fraction of sp³-hybridized carbons (Fsp3) is 0.326. The second-order valence-electron chi connectivity index (χ2n) is 14.0. The second kappa shape index (κ2) is 16.5. The van der Waals surface area contributed by atoms with Gasteiger partial charge in [0.05, 0.1) is 19.9 Å². The topological polar surface area (TPSA) is 146 Å². The average molecular weight is 744 g/mol. The molecule has 2 bridgehead atoms. The van der Waals surface area contributed by atoms with Crippen LogP contribution in [-0.4, -0.2) is 89.3 Å². The average Bonchev–Trinajstić information content (AvgIpc) is 3.49. The van der Waals surface area contributed by atoms with E-state index in [1.54, 1.807) is 43.4 Å². The van der Waals surface area contributed by atoms with Gasteiger partial charge in [0.15, 0.2) is 0 Å². The summed E-state index contributed by atoms with van der Waals surface area (Å²) < 4.78 is 24.0. The number of likely N-dealkylation sites (tertiary alicyclic amines) is 1. The van der Waals surface area contributed by atoms with E-state index >= 15 is 0 Å². The highest BCUT2D eigenvalue weighted by molar-refractivity contribution is 5.95. The zero-order valence-electron chi connectivity index (χ0n) is 31.1. The molecule has 4 heterocycles. The number of nitrogens with two attached hydrogens (primary N) is 1. The molecule has 0 aliphatic carbocycles. The van der Waals surface area contributed by atoms with Crippen molar-refractivity contribution in [1.29, 1.82) is 0 Å². The Balaban J connectivity index is 1.07. The van der Waals surface area contributed by atoms with Gasteiger partial charge in [0, 0.05) is 85.3 Å². The molecule has 55 heavy (non-hydrogen) atoms. The van der Waals surface area contributed by atoms with Gasteiger partial charge in [-0.3, -0.25) is 14.4 Å². The van der Waals surface area contributed by atoms with Gasteiger partial charge in [0.1, 0.15) is 29.5 Å². The highest BCUT2D eigenvalue weighted by Crippen LogP contribution is 2.40. The molecular weight excluding hydrogens is 699 g/mol. The first kappa shape index (κ1) is 37.2. The van der Waals surface area contributed by atoms with E-state index in [9.17, 15) is 14.4 Å². The number of carbonyl (C=O) groups excluding carboxylic acids is 3. The van der Waals surface area contributed by atoms with Crippen molar-refractivity contribution in [3.63, 3.8) is 0 Å². The Kier molecular flexibility index (Phi) is 11.1. The molecule has 0 spiro atoms. The number of carbonyl (C=O) groups is 3. The van der Waals surface area contributed by atoms with Gasteiger partial charge < -0.3 is 34.5 Å². The first-order valence-corrected chi connectivity index (χ1v) is 18.6. The minimum Gasteiger partial charge on any atom is -0.496 e. The van der Waals surface area contributed by atoms with Gasteiger partial charge in [-0.2, -0.15) is 0 Å². The first-order valence-electron chi connectivity index (χ1n) is 18.6. The largest absolute Gasteiger partial charge is 0.496 e. The molecule has 4 aromatic rings. The summed E-state index contributed by atoms with van der Waals surface area (Å²) in [5, 5.41) is 8.90. The van der Waals surface area contributed by atoms with Gasteiger partial charge in [-0.25, -0.2) is 0 Å². The van der Waals surface area contributed by atoms with E-state index in [0.29, 0.717) is 78.7 Å². The van der Waals surface area contributed by atoms with Crippen LogP contribution in [0.15, 0.2) is 91.5 Å². The van der Waals surface area contributed by atoms with Gasteiger partial charge >= 0.3 is 0 Å². The lowest BCUT2D eigenvalue weighted by molar-refractivity contribution is -0.131. The van der Waals surface area contributed by atoms with Gasteiger partial charge in [0.2, 0.25) is 23.6 Å². The van der Waals surface area contributed by atoms with Gasteiger partial charge in [-0.15, -0.1) is 10.2 Å². The molecule has 12 heteroatoms. The standard InChI is InChI=1S/C43H45N5O7/c1-4-41(49)47-19-17-31(18-20-47)55-40-26-36(35-10-6-8-12-39(35)53-3)37(45-46-40)15-16-42(50)48-29-13-14-30(48)25-33(24-29)54-32-22-27(21-28(23-32)43(44)51)34-9-5-7-11-38(34)52-2/h4-12,15-16,21-23,26,29-31,33H,1,13-14,17-20,24-25H2,2-3H3,(H2,44,51)/b16-15+. The van der Waals surface area contributed by atoms with Crippen LogP contribution in [-0.2, 0) is 9.59 Å². The number of methoxy groups -OCH3 is 2. The summed E-state index contributed by atoms with van der Waals surface area (Å²) in [5.74, 6) is 1.49. The lowest BCUT2D eigenvalue weighted by atomic mass is 9.98. The van der Waals surface area contributed by atoms with Crippen molar-refractivity contribution >= 4 is 23.8 Å². The maximum absolute atomic E-state index is 13.9. The highest BCUT2D eigenvalue weighted by atomic mass is 16.5. The number of primary amides is 1. The number of para-hydroxylation sites is 2. The van der Waals surface area contributed by atoms with Crippen LogP contribution in [0.4, 0.5) is 0 Å². The van der Waals surface area contributed by atoms with Crippen LogP contribution >= 0.6 is 0 Å². The van der Waals surface area contributed by atoms with Crippen molar-refractivity contribution in [2.75, 3.05) is 27.3 Å². The number of benzene rings is 3. The third kappa shape index (κ3) is 8.18. The van der Waals surface area contributed by atoms with Crippen molar-refractivity contribution in [3.05, 3.63) is 103 Å². The van der Waals surface area contributed by atoms with Crippen LogP contribution in [0, 0.1) is 0 Å². The summed E-state index contributed by atoms with van der Waals surface area (Å²) in [4.78, 5) is 41.9. The number of hydrogen-bond donors (Lipinski definition) is 1. The number of amides is 3. The maximum Gasteiger partial charge on any atom is 0.248 e. The van der Waals surface area contributed by atoms with Crippen molar-refractivity contribution in [2.24, 2.45) is 5.73 Å². The number of rotatable bonds is 12. The van der Waals surface area contributed by atoms with Crippen LogP contribution in [0.5, 0.6) is 23.1 Å². The molecule has 2 N–H and O–H groups in total. The van der Waals surface area contributed by atoms with Gasteiger partial charge in [-0.1, -0.05) is 43.0 Å². The molecule has 3 aliphatic heterocycles. The number of piperidine rings is 2. The predicted molar refractivity (Wildman–Crippen MR) is 208 cm³/mol. The Morgan fingerprint density at radius 3 is 2.07 bits per heavy atom. The van der Waals surface area contributed by atoms with E-state index in [1.807, 2.05) is 65.6 Å². The molecule has 2 atom stereocenters. The molecule has 3 fully saturated rings. The summed E-state index contributed by atoms with van der Waals surface area (Å²) in [6.45, 7) is 4.73. The Hall–Kier alpha value is -6.17. The van der Waals surface area contributed by atoms with E-state index in [-0.39, 0.29) is 36.1 Å². The number of hydrogen-bond acceptors (Lipinski definition) is 9. The first-order chi connectivity index (χ1) is 26.7. The molecule has 0 saturated carbocycles. The van der Waals surface area contributed by atoms with E-state index in [1.165, 1.54) is 6.08 Å². The summed E-state index contributed by atoms with van der Waals surface area (Å²) in [7, 11) is 3.22. The smallest absolute Gasteiger partial charge is 0.248 e. The van der Waals surface area contributed by atoms with Crippen LogP contribution in [0.1, 0.15) is 54.6 Å². The fourth-order valence-electron chi connectivity index (χ4n) is 8.00. The number of nitrogens with zero attached hydrogens (tertiary/aromatic N) is 4. The summed E-state index contributed by atoms with van der Waals surface area (Å²) in [5.41, 5.74) is 9.66. The second-order valence-corrected chi connectivity index (χ2v) is 14.0. The van der Waals surface area contributed by atoms with E-state index in [2.05, 4.69) is 16.8 Å². The molecule has 2 unspecified atom stereocenters. The zero-order chi connectivity index (χ0) is 38.5. The van der Waals surface area contributed by atoms with Crippen molar-refractivity contribution < 1.29 is 33.3 Å². The third-order valence-corrected chi connectivity index (χ3v) is 10.7. The van der Waals surface area contributed by atoms with Crippen molar-refractivity contribution in [3.8, 4) is 45.4 Å². The lowest BCUT2D eigenvalue weighted by Crippen LogP contribution is -2.48. The lowest BCUT2D eigenvalue weighted by Gasteiger charge is -2.38. The molecule has 3 amide bonds. The minimum atomic E-state index is -0.548. The molecule has 3 aromatic carbocycles.